The molecule has 1 fully saturated rings. The first-order valence-electron chi connectivity index (χ1n) is 8.61. The van der Waals surface area contributed by atoms with Crippen LogP contribution in [0.25, 0.3) is 0 Å². The van der Waals surface area contributed by atoms with Gasteiger partial charge in [-0.25, -0.2) is 0 Å². The summed E-state index contributed by atoms with van der Waals surface area (Å²) in [6.07, 6.45) is 11.6. The second kappa shape index (κ2) is 7.28. The second-order valence-corrected chi connectivity index (χ2v) is 6.54. The minimum atomic E-state index is 0.233. The van der Waals surface area contributed by atoms with E-state index in [1.807, 2.05) is 0 Å². The molecule has 1 saturated carbocycles. The van der Waals surface area contributed by atoms with Crippen molar-refractivity contribution in [3.8, 4) is 5.75 Å². The lowest BCUT2D eigenvalue weighted by atomic mass is 9.82. The van der Waals surface area contributed by atoms with Crippen molar-refractivity contribution in [3.05, 3.63) is 29.3 Å². The summed E-state index contributed by atoms with van der Waals surface area (Å²) in [5, 5.41) is 0. The van der Waals surface area contributed by atoms with E-state index in [9.17, 15) is 0 Å². The molecular weight excluding hydrogens is 260 g/mol. The molecule has 2 aliphatic rings. The molecule has 1 aliphatic heterocycles. The fourth-order valence-electron chi connectivity index (χ4n) is 3.96. The van der Waals surface area contributed by atoms with E-state index in [1.165, 1.54) is 56.1 Å². The van der Waals surface area contributed by atoms with E-state index >= 15 is 0 Å². The van der Waals surface area contributed by atoms with E-state index < -0.39 is 0 Å². The number of rotatable bonds is 3. The maximum atomic E-state index is 5.99. The molecule has 0 radical (unpaired) electrons. The first kappa shape index (κ1) is 14.9. The molecule has 116 valence electrons. The van der Waals surface area contributed by atoms with E-state index in [0.29, 0.717) is 5.92 Å². The number of hydrazine groups is 1. The van der Waals surface area contributed by atoms with Crippen LogP contribution in [0.3, 0.4) is 0 Å². The lowest BCUT2D eigenvalue weighted by Crippen LogP contribution is -2.34. The maximum Gasteiger partial charge on any atom is 0.127 e. The van der Waals surface area contributed by atoms with Gasteiger partial charge in [0.1, 0.15) is 5.75 Å². The molecule has 3 rings (SSSR count). The number of ether oxygens (including phenoxy) is 1. The number of benzene rings is 1. The van der Waals surface area contributed by atoms with Crippen LogP contribution in [0, 0.1) is 5.92 Å². The Morgan fingerprint density at radius 3 is 2.57 bits per heavy atom. The molecule has 3 N–H and O–H groups in total. The molecule has 1 atom stereocenters. The standard InChI is InChI=1S/C18H28N2O/c19-20-17(14-8-4-2-1-3-5-9-14)16-12-6-10-15-11-7-13-21-18(15)16/h6,10,12,14,17,20H,1-5,7-9,11,13,19H2. The highest BCUT2D eigenvalue weighted by Gasteiger charge is 2.27. The molecule has 3 heteroatoms. The number of para-hydroxylation sites is 1. The highest BCUT2D eigenvalue weighted by atomic mass is 16.5. The van der Waals surface area contributed by atoms with Crippen LogP contribution in [0.1, 0.15) is 68.5 Å². The zero-order valence-electron chi connectivity index (χ0n) is 12.9. The van der Waals surface area contributed by atoms with Gasteiger partial charge in [0.2, 0.25) is 0 Å². The largest absolute Gasteiger partial charge is 0.493 e. The van der Waals surface area contributed by atoms with Crippen LogP contribution in [0.4, 0.5) is 0 Å². The van der Waals surface area contributed by atoms with Gasteiger partial charge in [0.05, 0.1) is 12.6 Å². The van der Waals surface area contributed by atoms with Gasteiger partial charge in [-0.3, -0.25) is 11.3 Å². The SMILES string of the molecule is NNC(c1cccc2c1OCCC2)C1CCCCCCC1. The summed E-state index contributed by atoms with van der Waals surface area (Å²) < 4.78 is 5.99. The molecule has 21 heavy (non-hydrogen) atoms. The van der Waals surface area contributed by atoms with Gasteiger partial charge in [0.15, 0.2) is 0 Å². The Morgan fingerprint density at radius 2 is 1.81 bits per heavy atom. The second-order valence-electron chi connectivity index (χ2n) is 6.54. The minimum Gasteiger partial charge on any atom is -0.493 e. The normalized spacial score (nSPS) is 21.8. The van der Waals surface area contributed by atoms with Crippen LogP contribution in [-0.4, -0.2) is 6.61 Å². The number of aryl methyl sites for hydroxylation is 1. The summed E-state index contributed by atoms with van der Waals surface area (Å²) in [4.78, 5) is 0. The zero-order valence-corrected chi connectivity index (χ0v) is 12.9. The van der Waals surface area contributed by atoms with Gasteiger partial charge in [-0.05, 0) is 37.2 Å². The molecule has 0 spiro atoms. The lowest BCUT2D eigenvalue weighted by molar-refractivity contribution is 0.258. The molecule has 0 amide bonds. The van der Waals surface area contributed by atoms with Crippen LogP contribution in [0.15, 0.2) is 18.2 Å². The fourth-order valence-corrected chi connectivity index (χ4v) is 3.96. The highest BCUT2D eigenvalue weighted by molar-refractivity contribution is 5.44. The molecule has 1 aliphatic carbocycles. The van der Waals surface area contributed by atoms with Crippen LogP contribution >= 0.6 is 0 Å². The summed E-state index contributed by atoms with van der Waals surface area (Å²) in [5.74, 6) is 7.69. The van der Waals surface area contributed by atoms with Crippen molar-refractivity contribution in [1.82, 2.24) is 5.43 Å². The third kappa shape index (κ3) is 3.41. The minimum absolute atomic E-state index is 0.233. The molecule has 0 saturated heterocycles. The van der Waals surface area contributed by atoms with Crippen molar-refractivity contribution >= 4 is 0 Å². The van der Waals surface area contributed by atoms with Gasteiger partial charge < -0.3 is 4.74 Å². The van der Waals surface area contributed by atoms with Crippen LogP contribution in [-0.2, 0) is 6.42 Å². The number of hydrogen-bond acceptors (Lipinski definition) is 3. The Kier molecular flexibility index (Phi) is 5.15. The third-order valence-electron chi connectivity index (χ3n) is 5.10. The molecule has 0 bridgehead atoms. The maximum absolute atomic E-state index is 5.99. The summed E-state index contributed by atoms with van der Waals surface area (Å²) in [6, 6.07) is 6.80. The Labute approximate surface area is 128 Å². The van der Waals surface area contributed by atoms with E-state index in [4.69, 9.17) is 10.6 Å². The number of nitrogens with two attached hydrogens (primary N) is 1. The van der Waals surface area contributed by atoms with Gasteiger partial charge in [0.25, 0.3) is 0 Å². The van der Waals surface area contributed by atoms with E-state index in [1.54, 1.807) is 0 Å². The molecule has 3 nitrogen and oxygen atoms in total. The average molecular weight is 288 g/mol. The number of nitrogens with one attached hydrogen (secondary N) is 1. The van der Waals surface area contributed by atoms with E-state index in [0.717, 1.165) is 25.2 Å². The smallest absolute Gasteiger partial charge is 0.127 e. The van der Waals surface area contributed by atoms with Crippen molar-refractivity contribution in [3.63, 3.8) is 0 Å². The lowest BCUT2D eigenvalue weighted by Gasteiger charge is -2.31. The van der Waals surface area contributed by atoms with E-state index in [2.05, 4.69) is 23.6 Å². The van der Waals surface area contributed by atoms with Gasteiger partial charge in [-0.15, -0.1) is 0 Å². The van der Waals surface area contributed by atoms with Gasteiger partial charge in [0, 0.05) is 5.56 Å². The molecule has 0 aromatic heterocycles. The van der Waals surface area contributed by atoms with Crippen molar-refractivity contribution in [2.24, 2.45) is 11.8 Å². The van der Waals surface area contributed by atoms with Crippen molar-refractivity contribution in [1.29, 1.82) is 0 Å². The van der Waals surface area contributed by atoms with Gasteiger partial charge >= 0.3 is 0 Å². The third-order valence-corrected chi connectivity index (χ3v) is 5.10. The topological polar surface area (TPSA) is 47.3 Å². The molecular formula is C18H28N2O. The van der Waals surface area contributed by atoms with Crippen LogP contribution in [0.2, 0.25) is 0 Å². The first-order valence-corrected chi connectivity index (χ1v) is 8.61. The summed E-state index contributed by atoms with van der Waals surface area (Å²) >= 11 is 0. The molecule has 1 unspecified atom stereocenters. The van der Waals surface area contributed by atoms with Crippen molar-refractivity contribution in [2.75, 3.05) is 6.61 Å². The summed E-state index contributed by atoms with van der Waals surface area (Å²) in [7, 11) is 0. The summed E-state index contributed by atoms with van der Waals surface area (Å²) in [5.41, 5.74) is 5.74. The Bertz CT molecular complexity index is 453. The average Bonchev–Trinajstić information content (AvgIpc) is 2.50. The van der Waals surface area contributed by atoms with Crippen molar-refractivity contribution < 1.29 is 4.74 Å². The van der Waals surface area contributed by atoms with Gasteiger partial charge in [-0.1, -0.05) is 50.3 Å². The predicted molar refractivity (Wildman–Crippen MR) is 86.1 cm³/mol. The highest BCUT2D eigenvalue weighted by Crippen LogP contribution is 2.39. The Hall–Kier alpha value is -1.06. The fraction of sp³-hybridized carbons (Fsp3) is 0.667. The van der Waals surface area contributed by atoms with E-state index in [-0.39, 0.29) is 6.04 Å². The van der Waals surface area contributed by atoms with Crippen LogP contribution < -0.4 is 16.0 Å². The monoisotopic (exact) mass is 288 g/mol. The molecule has 1 aromatic carbocycles. The van der Waals surface area contributed by atoms with Crippen molar-refractivity contribution in [2.45, 2.75) is 63.8 Å². The quantitative estimate of drug-likeness (QED) is 0.655. The van der Waals surface area contributed by atoms with Gasteiger partial charge in [-0.2, -0.15) is 0 Å². The first-order chi connectivity index (χ1) is 10.4. The molecule has 1 heterocycles. The Balaban J connectivity index is 1.85. The molecule has 1 aromatic rings. The predicted octanol–water partition coefficient (Wildman–Crippen LogP) is 3.88. The number of fused-ring (bicyclic) bond motifs is 1. The number of hydrogen-bond donors (Lipinski definition) is 2. The van der Waals surface area contributed by atoms with Crippen LogP contribution in [0.5, 0.6) is 5.75 Å². The Morgan fingerprint density at radius 1 is 1.05 bits per heavy atom. The summed E-state index contributed by atoms with van der Waals surface area (Å²) in [6.45, 7) is 0.839. The zero-order chi connectivity index (χ0) is 14.5.